The third kappa shape index (κ3) is 5.00. The molecule has 0 amide bonds. The van der Waals surface area contributed by atoms with E-state index in [4.69, 9.17) is 9.47 Å². The molecular formula is C18H22FN3O3. The number of hydrogen-bond donors (Lipinski definition) is 3. The highest BCUT2D eigenvalue weighted by Gasteiger charge is 2.06. The summed E-state index contributed by atoms with van der Waals surface area (Å²) in [6.45, 7) is 0.909. The third-order valence-electron chi connectivity index (χ3n) is 3.60. The number of benzene rings is 2. The number of phenols is 1. The average molecular weight is 347 g/mol. The molecule has 0 bridgehead atoms. The lowest BCUT2D eigenvalue weighted by Crippen LogP contribution is -2.36. The fraction of sp³-hybridized carbons (Fsp3) is 0.278. The van der Waals surface area contributed by atoms with E-state index in [-0.39, 0.29) is 5.75 Å². The highest BCUT2D eigenvalue weighted by Crippen LogP contribution is 2.27. The molecule has 0 aliphatic heterocycles. The number of ether oxygens (including phenoxy) is 2. The molecule has 7 heteroatoms. The van der Waals surface area contributed by atoms with Gasteiger partial charge in [0.2, 0.25) is 0 Å². The van der Waals surface area contributed by atoms with Crippen molar-refractivity contribution in [3.8, 4) is 17.2 Å². The second-order valence-electron chi connectivity index (χ2n) is 5.25. The van der Waals surface area contributed by atoms with Gasteiger partial charge in [-0.2, -0.15) is 0 Å². The van der Waals surface area contributed by atoms with Gasteiger partial charge >= 0.3 is 0 Å². The Hall–Kier alpha value is -2.96. The summed E-state index contributed by atoms with van der Waals surface area (Å²) in [7, 11) is 4.83. The molecular weight excluding hydrogens is 325 g/mol. The summed E-state index contributed by atoms with van der Waals surface area (Å²) in [6, 6.07) is 9.90. The molecule has 2 rings (SSSR count). The van der Waals surface area contributed by atoms with E-state index in [2.05, 4.69) is 15.6 Å². The normalized spacial score (nSPS) is 11.1. The lowest BCUT2D eigenvalue weighted by atomic mass is 10.2. The summed E-state index contributed by atoms with van der Waals surface area (Å²) in [5.41, 5.74) is 1.70. The van der Waals surface area contributed by atoms with Gasteiger partial charge in [0.15, 0.2) is 29.0 Å². The maximum absolute atomic E-state index is 13.3. The van der Waals surface area contributed by atoms with E-state index < -0.39 is 5.82 Å². The van der Waals surface area contributed by atoms with E-state index >= 15 is 0 Å². The van der Waals surface area contributed by atoms with Gasteiger partial charge in [-0.25, -0.2) is 4.39 Å². The summed E-state index contributed by atoms with van der Waals surface area (Å²) in [4.78, 5) is 4.13. The molecule has 0 spiro atoms. The van der Waals surface area contributed by atoms with Crippen LogP contribution in [0.2, 0.25) is 0 Å². The van der Waals surface area contributed by atoms with Gasteiger partial charge in [-0.15, -0.1) is 0 Å². The lowest BCUT2D eigenvalue weighted by molar-refractivity contribution is 0.354. The topological polar surface area (TPSA) is 75.1 Å². The van der Waals surface area contributed by atoms with E-state index in [9.17, 15) is 9.50 Å². The second-order valence-corrected chi connectivity index (χ2v) is 5.25. The Labute approximate surface area is 146 Å². The predicted octanol–water partition coefficient (Wildman–Crippen LogP) is 2.41. The van der Waals surface area contributed by atoms with Gasteiger partial charge < -0.3 is 25.2 Å². The third-order valence-corrected chi connectivity index (χ3v) is 3.60. The SMILES string of the molecule is CN=C(NCc1ccc(O)c(F)c1)NCc1ccc(OC)c(OC)c1. The highest BCUT2D eigenvalue weighted by molar-refractivity contribution is 5.79. The van der Waals surface area contributed by atoms with Crippen molar-refractivity contribution >= 4 is 5.96 Å². The van der Waals surface area contributed by atoms with Crippen LogP contribution < -0.4 is 20.1 Å². The fourth-order valence-electron chi connectivity index (χ4n) is 2.24. The Morgan fingerprint density at radius 2 is 1.60 bits per heavy atom. The monoisotopic (exact) mass is 347 g/mol. The zero-order valence-corrected chi connectivity index (χ0v) is 14.5. The van der Waals surface area contributed by atoms with Crippen LogP contribution in [0.5, 0.6) is 17.2 Å². The smallest absolute Gasteiger partial charge is 0.191 e. The molecule has 6 nitrogen and oxygen atoms in total. The number of halogens is 1. The Morgan fingerprint density at radius 3 is 2.16 bits per heavy atom. The first-order valence-electron chi connectivity index (χ1n) is 7.70. The number of phenolic OH excluding ortho intramolecular Hbond substituents is 1. The van der Waals surface area contributed by atoms with E-state index in [0.717, 1.165) is 5.56 Å². The minimum absolute atomic E-state index is 0.361. The van der Waals surface area contributed by atoms with Crippen LogP contribution in [0.25, 0.3) is 0 Å². The fourth-order valence-corrected chi connectivity index (χ4v) is 2.24. The number of guanidine groups is 1. The summed E-state index contributed by atoms with van der Waals surface area (Å²) >= 11 is 0. The van der Waals surface area contributed by atoms with Gasteiger partial charge in [0.05, 0.1) is 14.2 Å². The van der Waals surface area contributed by atoms with Crippen LogP contribution in [0.15, 0.2) is 41.4 Å². The van der Waals surface area contributed by atoms with Crippen LogP contribution in [-0.4, -0.2) is 32.3 Å². The Morgan fingerprint density at radius 1 is 1.00 bits per heavy atom. The van der Waals surface area contributed by atoms with Crippen molar-refractivity contribution in [3.63, 3.8) is 0 Å². The van der Waals surface area contributed by atoms with Crippen LogP contribution in [0.4, 0.5) is 4.39 Å². The maximum atomic E-state index is 13.3. The molecule has 0 heterocycles. The van der Waals surface area contributed by atoms with E-state index in [1.165, 1.54) is 12.1 Å². The van der Waals surface area contributed by atoms with Crippen LogP contribution in [0.3, 0.4) is 0 Å². The van der Waals surface area contributed by atoms with E-state index in [1.54, 1.807) is 27.3 Å². The minimum atomic E-state index is -0.646. The van der Waals surface area contributed by atoms with Crippen molar-refractivity contribution in [1.29, 1.82) is 0 Å². The molecule has 25 heavy (non-hydrogen) atoms. The second kappa shape index (κ2) is 8.77. The molecule has 0 aliphatic rings. The molecule has 0 unspecified atom stereocenters. The van der Waals surface area contributed by atoms with Crippen molar-refractivity contribution < 1.29 is 19.0 Å². The Kier molecular flexibility index (Phi) is 6.45. The van der Waals surface area contributed by atoms with Gasteiger partial charge in [-0.1, -0.05) is 12.1 Å². The summed E-state index contributed by atoms with van der Waals surface area (Å²) in [5.74, 6) is 0.892. The van der Waals surface area contributed by atoms with Crippen LogP contribution >= 0.6 is 0 Å². The number of aliphatic imine (C=N–C) groups is 1. The van der Waals surface area contributed by atoms with Crippen LogP contribution in [0, 0.1) is 5.82 Å². The van der Waals surface area contributed by atoms with Crippen molar-refractivity contribution in [3.05, 3.63) is 53.3 Å². The molecule has 2 aromatic rings. The van der Waals surface area contributed by atoms with Crippen molar-refractivity contribution in [2.45, 2.75) is 13.1 Å². The number of hydrogen-bond acceptors (Lipinski definition) is 4. The van der Waals surface area contributed by atoms with Crippen LogP contribution in [-0.2, 0) is 13.1 Å². The van der Waals surface area contributed by atoms with Crippen molar-refractivity contribution in [1.82, 2.24) is 10.6 Å². The Balaban J connectivity index is 1.93. The molecule has 0 saturated carbocycles. The molecule has 0 radical (unpaired) electrons. The van der Waals surface area contributed by atoms with Gasteiger partial charge in [-0.05, 0) is 35.4 Å². The largest absolute Gasteiger partial charge is 0.505 e. The van der Waals surface area contributed by atoms with E-state index in [1.807, 2.05) is 18.2 Å². The van der Waals surface area contributed by atoms with Gasteiger partial charge in [0.25, 0.3) is 0 Å². The summed E-state index contributed by atoms with van der Waals surface area (Å²) in [6.07, 6.45) is 0. The zero-order valence-electron chi connectivity index (χ0n) is 14.5. The first kappa shape index (κ1) is 18.4. The highest BCUT2D eigenvalue weighted by atomic mass is 19.1. The lowest BCUT2D eigenvalue weighted by Gasteiger charge is -2.13. The van der Waals surface area contributed by atoms with Crippen LogP contribution in [0.1, 0.15) is 11.1 Å². The molecule has 0 fully saturated rings. The summed E-state index contributed by atoms with van der Waals surface area (Å²) < 4.78 is 23.8. The minimum Gasteiger partial charge on any atom is -0.505 e. The van der Waals surface area contributed by atoms with Crippen molar-refractivity contribution in [2.75, 3.05) is 21.3 Å². The Bertz CT molecular complexity index is 750. The standard InChI is InChI=1S/C18H22FN3O3/c1-20-18(21-10-12-4-6-15(23)14(19)8-12)22-11-13-5-7-16(24-2)17(9-13)25-3/h4-9,23H,10-11H2,1-3H3,(H2,20,21,22). The average Bonchev–Trinajstić information content (AvgIpc) is 2.64. The molecule has 0 aromatic heterocycles. The number of rotatable bonds is 6. The van der Waals surface area contributed by atoms with Gasteiger partial charge in [0.1, 0.15) is 0 Å². The van der Waals surface area contributed by atoms with Gasteiger partial charge in [-0.3, -0.25) is 4.99 Å². The maximum Gasteiger partial charge on any atom is 0.191 e. The molecule has 134 valence electrons. The molecule has 0 saturated heterocycles. The van der Waals surface area contributed by atoms with Crippen molar-refractivity contribution in [2.24, 2.45) is 4.99 Å². The zero-order chi connectivity index (χ0) is 18.2. The summed E-state index contributed by atoms with van der Waals surface area (Å²) in [5, 5.41) is 15.5. The number of nitrogens with zero attached hydrogens (tertiary/aromatic N) is 1. The van der Waals surface area contributed by atoms with Gasteiger partial charge in [0, 0.05) is 20.1 Å². The molecule has 2 aromatic carbocycles. The molecule has 0 atom stereocenters. The molecule has 0 aliphatic carbocycles. The molecule has 3 N–H and O–H groups in total. The van der Waals surface area contributed by atoms with E-state index in [0.29, 0.717) is 36.1 Å². The first-order valence-corrected chi connectivity index (χ1v) is 7.70. The predicted molar refractivity (Wildman–Crippen MR) is 94.6 cm³/mol. The number of methoxy groups -OCH3 is 2. The number of aromatic hydroxyl groups is 1. The first-order chi connectivity index (χ1) is 12.1. The quantitative estimate of drug-likeness (QED) is 0.553. The number of nitrogens with one attached hydrogen (secondary N) is 2.